The second kappa shape index (κ2) is 11.4. The third-order valence-electron chi connectivity index (χ3n) is 6.10. The summed E-state index contributed by atoms with van der Waals surface area (Å²) in [5, 5.41) is 9.66. The van der Waals surface area contributed by atoms with E-state index >= 15 is 0 Å². The molecule has 0 spiro atoms. The number of methoxy groups -OCH3 is 1. The first-order valence-corrected chi connectivity index (χ1v) is 11.8. The van der Waals surface area contributed by atoms with Crippen LogP contribution in [0.3, 0.4) is 0 Å². The van der Waals surface area contributed by atoms with Crippen molar-refractivity contribution in [2.24, 2.45) is 11.0 Å². The molecule has 2 heterocycles. The van der Waals surface area contributed by atoms with Gasteiger partial charge in [0.2, 0.25) is 0 Å². The van der Waals surface area contributed by atoms with Crippen LogP contribution in [0.5, 0.6) is 5.75 Å². The Morgan fingerprint density at radius 2 is 1.73 bits per heavy atom. The highest BCUT2D eigenvalue weighted by atomic mass is 35.5. The number of benzene rings is 2. The van der Waals surface area contributed by atoms with Crippen LogP contribution >= 0.6 is 35.6 Å². The molecule has 0 aliphatic carbocycles. The highest BCUT2D eigenvalue weighted by Gasteiger charge is 2.40. The van der Waals surface area contributed by atoms with Gasteiger partial charge in [0.25, 0.3) is 5.91 Å². The molecular weight excluding hydrogens is 483 g/mol. The fourth-order valence-corrected chi connectivity index (χ4v) is 4.86. The minimum absolute atomic E-state index is 0. The van der Waals surface area contributed by atoms with Crippen molar-refractivity contribution in [3.05, 3.63) is 58.1 Å². The van der Waals surface area contributed by atoms with E-state index in [0.29, 0.717) is 21.4 Å². The summed E-state index contributed by atoms with van der Waals surface area (Å²) in [4.78, 5) is 13.2. The van der Waals surface area contributed by atoms with Crippen LogP contribution in [0, 0.1) is 5.92 Å². The van der Waals surface area contributed by atoms with Crippen LogP contribution in [0.1, 0.15) is 44.2 Å². The summed E-state index contributed by atoms with van der Waals surface area (Å²) in [5.41, 5.74) is 5.30. The second-order valence-corrected chi connectivity index (χ2v) is 9.12. The lowest BCUT2D eigenvalue weighted by Gasteiger charge is -2.28. The van der Waals surface area contributed by atoms with Gasteiger partial charge < -0.3 is 4.74 Å². The molecule has 0 bridgehead atoms. The molecule has 0 saturated carbocycles. The van der Waals surface area contributed by atoms with E-state index in [-0.39, 0.29) is 30.3 Å². The predicted octanol–water partition coefficient (Wildman–Crippen LogP) is 5.88. The summed E-state index contributed by atoms with van der Waals surface area (Å²) in [6.45, 7) is 3.75. The predicted molar refractivity (Wildman–Crippen MR) is 137 cm³/mol. The van der Waals surface area contributed by atoms with Crippen molar-refractivity contribution in [1.82, 2.24) is 10.4 Å². The molecule has 1 saturated heterocycles. The topological polar surface area (TPSA) is 57.2 Å². The largest absolute Gasteiger partial charge is 0.497 e. The lowest BCUT2D eigenvalue weighted by Crippen LogP contribution is -2.46. The van der Waals surface area contributed by atoms with E-state index in [1.54, 1.807) is 19.2 Å². The van der Waals surface area contributed by atoms with Crippen LogP contribution in [-0.4, -0.2) is 36.8 Å². The number of anilines is 1. The molecule has 1 fully saturated rings. The van der Waals surface area contributed by atoms with Crippen molar-refractivity contribution in [3.63, 3.8) is 0 Å². The molecule has 9 heteroatoms. The van der Waals surface area contributed by atoms with Gasteiger partial charge in [-0.2, -0.15) is 5.10 Å². The molecule has 2 aromatic carbocycles. The Morgan fingerprint density at radius 1 is 1.06 bits per heavy atom. The second-order valence-electron chi connectivity index (χ2n) is 8.27. The molecule has 2 unspecified atom stereocenters. The molecule has 178 valence electrons. The molecular formula is C24H29Cl3N4O2. The quantitative estimate of drug-likeness (QED) is 0.544. The zero-order chi connectivity index (χ0) is 22.7. The van der Waals surface area contributed by atoms with Gasteiger partial charge >= 0.3 is 0 Å². The summed E-state index contributed by atoms with van der Waals surface area (Å²) in [6, 6.07) is 13.0. The fraction of sp³-hybridized carbons (Fsp3) is 0.417. The van der Waals surface area contributed by atoms with Crippen LogP contribution in [0.15, 0.2) is 47.6 Å². The van der Waals surface area contributed by atoms with Crippen LogP contribution in [-0.2, 0) is 4.79 Å². The van der Waals surface area contributed by atoms with E-state index in [0.717, 1.165) is 37.2 Å². The SMILES string of the molecule is COc1ccc(C2C(C)C(C(=O)NN3CCCCCC3)=NN2c2ccc(Cl)cc2Cl)cc1.Cl. The Balaban J connectivity index is 0.00000306. The lowest BCUT2D eigenvalue weighted by atomic mass is 9.91. The molecule has 33 heavy (non-hydrogen) atoms. The van der Waals surface area contributed by atoms with E-state index in [4.69, 9.17) is 33.0 Å². The van der Waals surface area contributed by atoms with Crippen LogP contribution in [0.2, 0.25) is 10.0 Å². The Morgan fingerprint density at radius 3 is 2.33 bits per heavy atom. The van der Waals surface area contributed by atoms with E-state index < -0.39 is 0 Å². The van der Waals surface area contributed by atoms with Crippen molar-refractivity contribution in [2.75, 3.05) is 25.2 Å². The average Bonchev–Trinajstić information content (AvgIpc) is 2.94. The Labute approximate surface area is 211 Å². The number of hydrogen-bond donors (Lipinski definition) is 1. The van der Waals surface area contributed by atoms with Gasteiger partial charge in [-0.15, -0.1) is 12.4 Å². The number of nitrogens with zero attached hydrogens (tertiary/aromatic N) is 3. The first kappa shape index (κ1) is 25.6. The van der Waals surface area contributed by atoms with Crippen molar-refractivity contribution >= 4 is 52.9 Å². The molecule has 2 aromatic rings. The van der Waals surface area contributed by atoms with Crippen LogP contribution in [0.4, 0.5) is 5.69 Å². The van der Waals surface area contributed by atoms with Gasteiger partial charge in [-0.1, -0.05) is 55.1 Å². The van der Waals surface area contributed by atoms with Gasteiger partial charge in [-0.25, -0.2) is 5.01 Å². The van der Waals surface area contributed by atoms with E-state index in [9.17, 15) is 4.79 Å². The molecule has 4 rings (SSSR count). The normalized spacial score (nSPS) is 21.1. The number of nitrogens with one attached hydrogen (secondary N) is 1. The number of hydrazine groups is 1. The molecule has 6 nitrogen and oxygen atoms in total. The number of halogens is 3. The minimum atomic E-state index is -0.190. The third-order valence-corrected chi connectivity index (χ3v) is 6.63. The molecule has 0 radical (unpaired) electrons. The maximum atomic E-state index is 13.2. The number of ether oxygens (including phenoxy) is 1. The Hall–Kier alpha value is -1.99. The summed E-state index contributed by atoms with van der Waals surface area (Å²) in [7, 11) is 1.64. The van der Waals surface area contributed by atoms with E-state index in [1.165, 1.54) is 12.8 Å². The maximum Gasteiger partial charge on any atom is 0.282 e. The van der Waals surface area contributed by atoms with Crippen molar-refractivity contribution < 1.29 is 9.53 Å². The average molecular weight is 512 g/mol. The van der Waals surface area contributed by atoms with Gasteiger partial charge in [0.15, 0.2) is 0 Å². The number of amides is 1. The highest BCUT2D eigenvalue weighted by Crippen LogP contribution is 2.42. The standard InChI is InChI=1S/C24H28Cl2N4O2.ClH/c1-16-22(24(31)28-29-13-5-3-4-6-14-29)27-30(21-12-9-18(25)15-20(21)26)23(16)17-7-10-19(32-2)11-8-17;/h7-12,15-16,23H,3-6,13-14H2,1-2H3,(H,28,31);1H. The van der Waals surface area contributed by atoms with Crippen LogP contribution < -0.4 is 15.2 Å². The molecule has 1 N–H and O–H groups in total. The molecule has 0 aromatic heterocycles. The number of carbonyl (C=O) groups is 1. The Kier molecular flexibility index (Phi) is 8.88. The lowest BCUT2D eigenvalue weighted by molar-refractivity contribution is -0.119. The summed E-state index contributed by atoms with van der Waals surface area (Å²) in [5.74, 6) is 0.461. The Bertz CT molecular complexity index is 992. The molecule has 1 amide bonds. The summed E-state index contributed by atoms with van der Waals surface area (Å²) < 4.78 is 5.31. The van der Waals surface area contributed by atoms with Crippen molar-refractivity contribution in [1.29, 1.82) is 0 Å². The molecule has 2 aliphatic rings. The summed E-state index contributed by atoms with van der Waals surface area (Å²) in [6.07, 6.45) is 4.57. The first-order valence-electron chi connectivity index (χ1n) is 11.0. The monoisotopic (exact) mass is 510 g/mol. The zero-order valence-corrected chi connectivity index (χ0v) is 21.1. The fourth-order valence-electron chi connectivity index (χ4n) is 4.37. The van der Waals surface area contributed by atoms with Crippen LogP contribution in [0.25, 0.3) is 0 Å². The van der Waals surface area contributed by atoms with Gasteiger partial charge in [0, 0.05) is 24.0 Å². The number of rotatable bonds is 5. The number of hydrogen-bond acceptors (Lipinski definition) is 5. The van der Waals surface area contributed by atoms with E-state index in [2.05, 4.69) is 5.43 Å². The third kappa shape index (κ3) is 5.75. The maximum absolute atomic E-state index is 13.2. The van der Waals surface area contributed by atoms with E-state index in [1.807, 2.05) is 47.3 Å². The minimum Gasteiger partial charge on any atom is -0.497 e. The zero-order valence-electron chi connectivity index (χ0n) is 18.8. The van der Waals surface area contributed by atoms with Gasteiger partial charge in [0.1, 0.15) is 11.5 Å². The van der Waals surface area contributed by atoms with Gasteiger partial charge in [-0.3, -0.25) is 15.2 Å². The molecule has 2 aliphatic heterocycles. The number of carbonyl (C=O) groups excluding carboxylic acids is 1. The highest BCUT2D eigenvalue weighted by molar-refractivity contribution is 6.41. The molecule has 2 atom stereocenters. The van der Waals surface area contributed by atoms with Crippen molar-refractivity contribution in [2.45, 2.75) is 38.6 Å². The van der Waals surface area contributed by atoms with Gasteiger partial charge in [0.05, 0.1) is 23.9 Å². The number of hydrazone groups is 1. The van der Waals surface area contributed by atoms with Gasteiger partial charge in [-0.05, 0) is 48.7 Å². The van der Waals surface area contributed by atoms with Crippen molar-refractivity contribution in [3.8, 4) is 5.75 Å². The first-order chi connectivity index (χ1) is 15.5. The summed E-state index contributed by atoms with van der Waals surface area (Å²) >= 11 is 12.7. The smallest absolute Gasteiger partial charge is 0.282 e.